The normalized spacial score (nSPS) is 11.1. The molecule has 3 nitrogen and oxygen atoms in total. The van der Waals surface area contributed by atoms with Gasteiger partial charge in [0.1, 0.15) is 0 Å². The third-order valence-corrected chi connectivity index (χ3v) is 4.77. The summed E-state index contributed by atoms with van der Waals surface area (Å²) < 4.78 is 4.48. The molecule has 0 aliphatic heterocycles. The highest BCUT2D eigenvalue weighted by Gasteiger charge is 2.06. The van der Waals surface area contributed by atoms with Gasteiger partial charge in [-0.2, -0.15) is 0 Å². The lowest BCUT2D eigenvalue weighted by molar-refractivity contribution is 0.226. The van der Waals surface area contributed by atoms with Crippen LogP contribution in [0.2, 0.25) is 0 Å². The number of hydrogen-bond acceptors (Lipinski definition) is 3. The number of fused-ring (bicyclic) bond motifs is 2. The van der Waals surface area contributed by atoms with Gasteiger partial charge in [0.2, 0.25) is 0 Å². The molecule has 0 spiro atoms. The van der Waals surface area contributed by atoms with Crippen LogP contribution in [0.3, 0.4) is 0 Å². The van der Waals surface area contributed by atoms with Gasteiger partial charge in [0, 0.05) is 0 Å². The third-order valence-electron chi connectivity index (χ3n) is 4.39. The largest absolute Gasteiger partial charge is 0.328 e. The van der Waals surface area contributed by atoms with Crippen molar-refractivity contribution in [1.82, 2.24) is 0 Å². The van der Waals surface area contributed by atoms with E-state index in [1.807, 2.05) is 13.8 Å². The Hall–Kier alpha value is -2.29. The molecule has 4 rings (SSSR count). The molecular weight excluding hydrogens is 367 g/mol. The van der Waals surface area contributed by atoms with Gasteiger partial charge in [-0.05, 0) is 38.6 Å². The van der Waals surface area contributed by atoms with Crippen molar-refractivity contribution in [1.29, 1.82) is 0 Å². The van der Waals surface area contributed by atoms with Crippen LogP contribution in [0.25, 0.3) is 32.7 Å². The third kappa shape index (κ3) is 5.15. The van der Waals surface area contributed by atoms with Gasteiger partial charge in [-0.1, -0.05) is 98.8 Å². The molecule has 0 heterocycles. The summed E-state index contributed by atoms with van der Waals surface area (Å²) in [5.74, 6) is 0.360. The van der Waals surface area contributed by atoms with E-state index in [9.17, 15) is 0 Å². The predicted octanol–water partition coefficient (Wildman–Crippen LogP) is 6.53. The molecule has 0 saturated heterocycles. The standard InChI is InChI=1S/C20H14.C4H11O3P/c1-3-11-17-15(7-1)9-5-13-19(17)20-14-6-10-16-8-2-4-12-18(16)20;1-4(2)3-7-8(5)6/h1-14H;4-6H,3H2,1-2H3. The topological polar surface area (TPSA) is 49.7 Å². The summed E-state index contributed by atoms with van der Waals surface area (Å²) in [4.78, 5) is 16.4. The van der Waals surface area contributed by atoms with Crippen LogP contribution >= 0.6 is 8.60 Å². The maximum Gasteiger partial charge on any atom is 0.327 e. The second kappa shape index (κ2) is 9.77. The maximum absolute atomic E-state index is 8.20. The highest BCUT2D eigenvalue weighted by atomic mass is 31.2. The molecule has 0 unspecified atom stereocenters. The van der Waals surface area contributed by atoms with Crippen molar-refractivity contribution in [2.24, 2.45) is 5.92 Å². The van der Waals surface area contributed by atoms with Gasteiger partial charge in [-0.15, -0.1) is 0 Å². The minimum absolute atomic E-state index is 0.360. The Morgan fingerprint density at radius 3 is 1.50 bits per heavy atom. The first-order valence-electron chi connectivity index (χ1n) is 9.33. The van der Waals surface area contributed by atoms with Crippen molar-refractivity contribution >= 4 is 30.1 Å². The summed E-state index contributed by atoms with van der Waals surface area (Å²) in [5.41, 5.74) is 2.61. The lowest BCUT2D eigenvalue weighted by Gasteiger charge is -2.10. The molecule has 0 radical (unpaired) electrons. The van der Waals surface area contributed by atoms with Crippen molar-refractivity contribution in [2.45, 2.75) is 13.8 Å². The van der Waals surface area contributed by atoms with E-state index >= 15 is 0 Å². The number of hydrogen-bond donors (Lipinski definition) is 2. The van der Waals surface area contributed by atoms with Crippen molar-refractivity contribution in [3.63, 3.8) is 0 Å². The molecule has 0 aliphatic carbocycles. The fourth-order valence-corrected chi connectivity index (χ4v) is 3.57. The van der Waals surface area contributed by atoms with Gasteiger partial charge in [-0.3, -0.25) is 0 Å². The zero-order valence-corrected chi connectivity index (χ0v) is 17.0. The van der Waals surface area contributed by atoms with E-state index in [2.05, 4.69) is 89.5 Å². The fourth-order valence-electron chi connectivity index (χ4n) is 3.14. The zero-order valence-electron chi connectivity index (χ0n) is 16.1. The van der Waals surface area contributed by atoms with E-state index in [-0.39, 0.29) is 0 Å². The Balaban J connectivity index is 0.000000242. The summed E-state index contributed by atoms with van der Waals surface area (Å²) in [6, 6.07) is 30.2. The number of rotatable bonds is 4. The quantitative estimate of drug-likeness (QED) is 0.388. The lowest BCUT2D eigenvalue weighted by Crippen LogP contribution is -1.96. The summed E-state index contributed by atoms with van der Waals surface area (Å²) in [6.45, 7) is 4.30. The minimum atomic E-state index is -2.13. The lowest BCUT2D eigenvalue weighted by atomic mass is 9.94. The van der Waals surface area contributed by atoms with Crippen LogP contribution in [0.15, 0.2) is 84.9 Å². The first-order chi connectivity index (χ1) is 13.6. The average molecular weight is 392 g/mol. The molecule has 4 aromatic rings. The SMILES string of the molecule is CC(C)COP(O)O.c1ccc2c(-c3cccc4ccccc34)cccc2c1. The van der Waals surface area contributed by atoms with E-state index in [1.165, 1.54) is 32.7 Å². The van der Waals surface area contributed by atoms with Crippen molar-refractivity contribution < 1.29 is 14.3 Å². The van der Waals surface area contributed by atoms with Gasteiger partial charge >= 0.3 is 8.60 Å². The Kier molecular flexibility index (Phi) is 7.13. The van der Waals surface area contributed by atoms with E-state index < -0.39 is 8.60 Å². The Bertz CT molecular complexity index is 948. The maximum atomic E-state index is 8.20. The van der Waals surface area contributed by atoms with Crippen LogP contribution in [0.1, 0.15) is 13.8 Å². The van der Waals surface area contributed by atoms with Gasteiger partial charge in [0.25, 0.3) is 0 Å². The van der Waals surface area contributed by atoms with Crippen LogP contribution in [-0.4, -0.2) is 16.4 Å². The second-order valence-electron chi connectivity index (χ2n) is 7.00. The Labute approximate surface area is 167 Å². The summed E-state index contributed by atoms with van der Waals surface area (Å²) in [6.07, 6.45) is 0. The van der Waals surface area contributed by atoms with Crippen molar-refractivity contribution in [3.8, 4) is 11.1 Å². The van der Waals surface area contributed by atoms with Crippen molar-refractivity contribution in [2.75, 3.05) is 6.61 Å². The highest BCUT2D eigenvalue weighted by Crippen LogP contribution is 2.33. The van der Waals surface area contributed by atoms with Crippen LogP contribution in [0.5, 0.6) is 0 Å². The molecule has 0 fully saturated rings. The first-order valence-corrected chi connectivity index (χ1v) is 10.5. The molecule has 0 aliphatic rings. The molecular formula is C24H25O3P. The highest BCUT2D eigenvalue weighted by molar-refractivity contribution is 7.39. The van der Waals surface area contributed by atoms with E-state index in [4.69, 9.17) is 9.79 Å². The van der Waals surface area contributed by atoms with Crippen LogP contribution in [-0.2, 0) is 4.52 Å². The Morgan fingerprint density at radius 1 is 0.679 bits per heavy atom. The molecule has 2 N–H and O–H groups in total. The van der Waals surface area contributed by atoms with Gasteiger partial charge < -0.3 is 14.3 Å². The van der Waals surface area contributed by atoms with E-state index in [0.717, 1.165) is 0 Å². The zero-order chi connectivity index (χ0) is 19.9. The van der Waals surface area contributed by atoms with Gasteiger partial charge in [-0.25, -0.2) is 0 Å². The van der Waals surface area contributed by atoms with E-state index in [0.29, 0.717) is 12.5 Å². The summed E-state index contributed by atoms with van der Waals surface area (Å²) in [5, 5.41) is 5.20. The first kappa shape index (κ1) is 20.4. The fraction of sp³-hybridized carbons (Fsp3) is 0.167. The molecule has 144 valence electrons. The van der Waals surface area contributed by atoms with E-state index in [1.54, 1.807) is 0 Å². The monoisotopic (exact) mass is 392 g/mol. The Morgan fingerprint density at radius 2 is 1.11 bits per heavy atom. The van der Waals surface area contributed by atoms with Crippen LogP contribution in [0.4, 0.5) is 0 Å². The molecule has 4 aromatic carbocycles. The van der Waals surface area contributed by atoms with Crippen molar-refractivity contribution in [3.05, 3.63) is 84.9 Å². The molecule has 28 heavy (non-hydrogen) atoms. The molecule has 0 aromatic heterocycles. The molecule has 0 amide bonds. The van der Waals surface area contributed by atoms with Gasteiger partial charge in [0.05, 0.1) is 6.61 Å². The summed E-state index contributed by atoms with van der Waals surface area (Å²) in [7, 11) is -2.13. The smallest absolute Gasteiger partial charge is 0.327 e. The second-order valence-corrected chi connectivity index (χ2v) is 7.76. The molecule has 0 saturated carbocycles. The number of benzene rings is 4. The van der Waals surface area contributed by atoms with Crippen LogP contribution < -0.4 is 0 Å². The van der Waals surface area contributed by atoms with Gasteiger partial charge in [0.15, 0.2) is 0 Å². The minimum Gasteiger partial charge on any atom is -0.328 e. The molecule has 0 bridgehead atoms. The average Bonchev–Trinajstić information content (AvgIpc) is 2.72. The predicted molar refractivity (Wildman–Crippen MR) is 119 cm³/mol. The molecule has 4 heteroatoms. The summed E-state index contributed by atoms with van der Waals surface area (Å²) >= 11 is 0. The molecule has 0 atom stereocenters. The van der Waals surface area contributed by atoms with Crippen LogP contribution in [0, 0.1) is 5.92 Å².